The van der Waals surface area contributed by atoms with Gasteiger partial charge in [0.25, 0.3) is 5.91 Å². The molecule has 0 atom stereocenters. The summed E-state index contributed by atoms with van der Waals surface area (Å²) >= 11 is 1.46. The predicted molar refractivity (Wildman–Crippen MR) is 79.2 cm³/mol. The zero-order valence-corrected chi connectivity index (χ0v) is 11.8. The van der Waals surface area contributed by atoms with E-state index in [1.165, 1.54) is 17.8 Å². The van der Waals surface area contributed by atoms with Gasteiger partial charge in [-0.05, 0) is 30.5 Å². The molecule has 0 saturated carbocycles. The van der Waals surface area contributed by atoms with Crippen LogP contribution < -0.4 is 5.32 Å². The van der Waals surface area contributed by atoms with E-state index in [1.54, 1.807) is 12.1 Å². The Bertz CT molecular complexity index is 706. The average Bonchev–Trinajstić information content (AvgIpc) is 2.47. The molecule has 2 rings (SSSR count). The van der Waals surface area contributed by atoms with Crippen molar-refractivity contribution in [1.29, 1.82) is 0 Å². The van der Waals surface area contributed by atoms with E-state index in [1.807, 2.05) is 18.4 Å². The van der Waals surface area contributed by atoms with Gasteiger partial charge in [0.15, 0.2) is 0 Å². The first kappa shape index (κ1) is 15.0. The Morgan fingerprint density at radius 1 is 1.29 bits per heavy atom. The SMILES string of the molecule is CSc1ccccc1NC(=O)c1ccc(F)c([N+](=O)[O-])c1. The first-order valence-corrected chi connectivity index (χ1v) is 7.13. The first-order valence-electron chi connectivity index (χ1n) is 5.91. The number of rotatable bonds is 4. The molecule has 0 fully saturated rings. The van der Waals surface area contributed by atoms with E-state index in [0.717, 1.165) is 17.0 Å². The van der Waals surface area contributed by atoms with Crippen LogP contribution in [0.4, 0.5) is 15.8 Å². The molecule has 2 aromatic carbocycles. The second kappa shape index (κ2) is 6.36. The number of amides is 1. The van der Waals surface area contributed by atoms with Gasteiger partial charge in [-0.2, -0.15) is 4.39 Å². The molecule has 0 heterocycles. The van der Waals surface area contributed by atoms with Crippen molar-refractivity contribution in [3.63, 3.8) is 0 Å². The van der Waals surface area contributed by atoms with Gasteiger partial charge < -0.3 is 5.32 Å². The van der Waals surface area contributed by atoms with Crippen LogP contribution in [0.5, 0.6) is 0 Å². The van der Waals surface area contributed by atoms with E-state index in [4.69, 9.17) is 0 Å². The predicted octanol–water partition coefficient (Wildman–Crippen LogP) is 3.71. The third-order valence-electron chi connectivity index (χ3n) is 2.76. The standard InChI is InChI=1S/C14H11FN2O3S/c1-21-13-5-3-2-4-11(13)16-14(18)9-6-7-10(15)12(8-9)17(19)20/h2-8H,1H3,(H,16,18). The van der Waals surface area contributed by atoms with Gasteiger partial charge in [0.05, 0.1) is 10.6 Å². The number of carbonyl (C=O) groups excluding carboxylic acids is 1. The summed E-state index contributed by atoms with van der Waals surface area (Å²) in [4.78, 5) is 22.8. The molecule has 0 radical (unpaired) electrons. The van der Waals surface area contributed by atoms with Gasteiger partial charge in [-0.15, -0.1) is 11.8 Å². The lowest BCUT2D eigenvalue weighted by atomic mass is 10.1. The molecule has 7 heteroatoms. The summed E-state index contributed by atoms with van der Waals surface area (Å²) in [5.41, 5.74) is -0.0956. The number of hydrogen-bond donors (Lipinski definition) is 1. The molecule has 1 N–H and O–H groups in total. The molecule has 2 aromatic rings. The molecule has 5 nitrogen and oxygen atoms in total. The number of hydrogen-bond acceptors (Lipinski definition) is 4. The van der Waals surface area contributed by atoms with E-state index < -0.39 is 22.3 Å². The van der Waals surface area contributed by atoms with E-state index in [2.05, 4.69) is 5.32 Å². The van der Waals surface area contributed by atoms with Crippen molar-refractivity contribution >= 4 is 29.0 Å². The molecule has 0 unspecified atom stereocenters. The van der Waals surface area contributed by atoms with E-state index in [0.29, 0.717) is 5.69 Å². The van der Waals surface area contributed by atoms with Crippen molar-refractivity contribution in [2.45, 2.75) is 4.90 Å². The van der Waals surface area contributed by atoms with Gasteiger partial charge in [-0.3, -0.25) is 14.9 Å². The van der Waals surface area contributed by atoms with Gasteiger partial charge in [0.2, 0.25) is 5.82 Å². The fourth-order valence-corrected chi connectivity index (χ4v) is 2.29. The Balaban J connectivity index is 2.29. The van der Waals surface area contributed by atoms with Crippen molar-refractivity contribution in [2.75, 3.05) is 11.6 Å². The number of nitrogens with one attached hydrogen (secondary N) is 1. The van der Waals surface area contributed by atoms with Crippen LogP contribution in [0.3, 0.4) is 0 Å². The molecule has 108 valence electrons. The van der Waals surface area contributed by atoms with Crippen LogP contribution in [-0.4, -0.2) is 17.1 Å². The fraction of sp³-hybridized carbons (Fsp3) is 0.0714. The molecule has 21 heavy (non-hydrogen) atoms. The van der Waals surface area contributed by atoms with Crippen LogP contribution in [0.15, 0.2) is 47.4 Å². The highest BCUT2D eigenvalue weighted by atomic mass is 32.2. The lowest BCUT2D eigenvalue weighted by molar-refractivity contribution is -0.387. The van der Waals surface area contributed by atoms with Gasteiger partial charge in [0.1, 0.15) is 0 Å². The number of nitro groups is 1. The number of nitro benzene ring substituents is 1. The van der Waals surface area contributed by atoms with E-state index in [9.17, 15) is 19.3 Å². The summed E-state index contributed by atoms with van der Waals surface area (Å²) < 4.78 is 13.3. The third-order valence-corrected chi connectivity index (χ3v) is 3.56. The highest BCUT2D eigenvalue weighted by Gasteiger charge is 2.18. The van der Waals surface area contributed by atoms with Crippen molar-refractivity contribution < 1.29 is 14.1 Å². The average molecular weight is 306 g/mol. The first-order chi connectivity index (χ1) is 10.0. The van der Waals surface area contributed by atoms with Crippen LogP contribution >= 0.6 is 11.8 Å². The number of thioether (sulfide) groups is 1. The second-order valence-corrected chi connectivity index (χ2v) is 4.93. The molecule has 0 aliphatic carbocycles. The number of nitrogens with zero attached hydrogens (tertiary/aromatic N) is 1. The van der Waals surface area contributed by atoms with Crippen molar-refractivity contribution in [3.05, 3.63) is 64.0 Å². The van der Waals surface area contributed by atoms with Gasteiger partial charge >= 0.3 is 5.69 Å². The maximum atomic E-state index is 13.3. The third kappa shape index (κ3) is 3.38. The Labute approximate surface area is 124 Å². The molecule has 0 aromatic heterocycles. The fourth-order valence-electron chi connectivity index (χ4n) is 1.74. The number of carbonyl (C=O) groups is 1. The Kier molecular flexibility index (Phi) is 4.54. The lowest BCUT2D eigenvalue weighted by Crippen LogP contribution is -2.13. The van der Waals surface area contributed by atoms with E-state index >= 15 is 0 Å². The Morgan fingerprint density at radius 3 is 2.67 bits per heavy atom. The van der Waals surface area contributed by atoms with Gasteiger partial charge in [0, 0.05) is 16.5 Å². The largest absolute Gasteiger partial charge is 0.321 e. The topological polar surface area (TPSA) is 72.2 Å². The number of anilines is 1. The Hall–Kier alpha value is -2.41. The summed E-state index contributed by atoms with van der Waals surface area (Å²) in [5.74, 6) is -1.50. The van der Waals surface area contributed by atoms with Crippen LogP contribution in [-0.2, 0) is 0 Å². The monoisotopic (exact) mass is 306 g/mol. The van der Waals surface area contributed by atoms with Crippen molar-refractivity contribution in [3.8, 4) is 0 Å². The summed E-state index contributed by atoms with van der Waals surface area (Å²) in [6, 6.07) is 10.2. The van der Waals surface area contributed by atoms with Crippen LogP contribution in [0.25, 0.3) is 0 Å². The molecule has 0 bridgehead atoms. The molecule has 1 amide bonds. The van der Waals surface area contributed by atoms with Gasteiger partial charge in [-0.25, -0.2) is 0 Å². The Morgan fingerprint density at radius 2 is 2.00 bits per heavy atom. The van der Waals surface area contributed by atoms with Crippen molar-refractivity contribution in [1.82, 2.24) is 0 Å². The van der Waals surface area contributed by atoms with Crippen molar-refractivity contribution in [2.24, 2.45) is 0 Å². The summed E-state index contributed by atoms with van der Waals surface area (Å²) in [7, 11) is 0. The highest BCUT2D eigenvalue weighted by Crippen LogP contribution is 2.25. The highest BCUT2D eigenvalue weighted by molar-refractivity contribution is 7.98. The number of benzene rings is 2. The van der Waals surface area contributed by atoms with Crippen LogP contribution in [0, 0.1) is 15.9 Å². The molecule has 0 aliphatic heterocycles. The zero-order chi connectivity index (χ0) is 15.4. The lowest BCUT2D eigenvalue weighted by Gasteiger charge is -2.09. The summed E-state index contributed by atoms with van der Waals surface area (Å²) in [6.07, 6.45) is 1.87. The molecular weight excluding hydrogens is 295 g/mol. The molecular formula is C14H11FN2O3S. The number of halogens is 1. The van der Waals surface area contributed by atoms with Crippen LogP contribution in [0.1, 0.15) is 10.4 Å². The molecule has 0 aliphatic rings. The van der Waals surface area contributed by atoms with Gasteiger partial charge in [-0.1, -0.05) is 12.1 Å². The quantitative estimate of drug-likeness (QED) is 0.531. The minimum Gasteiger partial charge on any atom is -0.321 e. The molecule has 0 spiro atoms. The normalized spacial score (nSPS) is 10.2. The van der Waals surface area contributed by atoms with E-state index in [-0.39, 0.29) is 5.56 Å². The maximum Gasteiger partial charge on any atom is 0.305 e. The number of para-hydroxylation sites is 1. The smallest absolute Gasteiger partial charge is 0.305 e. The zero-order valence-electron chi connectivity index (χ0n) is 11.0. The van der Waals surface area contributed by atoms with Crippen LogP contribution in [0.2, 0.25) is 0 Å². The minimum atomic E-state index is -0.971. The minimum absolute atomic E-state index is 0.0269. The molecule has 0 saturated heterocycles. The summed E-state index contributed by atoms with van der Waals surface area (Å²) in [5, 5.41) is 13.3. The summed E-state index contributed by atoms with van der Waals surface area (Å²) in [6.45, 7) is 0. The maximum absolute atomic E-state index is 13.3. The second-order valence-electron chi connectivity index (χ2n) is 4.08.